The minimum Gasteiger partial charge on any atom is -0.316 e. The highest BCUT2D eigenvalue weighted by Crippen LogP contribution is 2.15. The highest BCUT2D eigenvalue weighted by molar-refractivity contribution is 4.59. The van der Waals surface area contributed by atoms with Crippen molar-refractivity contribution < 1.29 is 0 Å². The van der Waals surface area contributed by atoms with E-state index in [1.54, 1.807) is 0 Å². The van der Waals surface area contributed by atoms with Crippen LogP contribution >= 0.6 is 0 Å². The molecular weight excluding hydrogens is 176 g/mol. The van der Waals surface area contributed by atoms with Crippen LogP contribution in [0, 0.1) is 5.92 Å². The average molecular weight is 202 g/mol. The van der Waals surface area contributed by atoms with Gasteiger partial charge in [0.1, 0.15) is 0 Å². The van der Waals surface area contributed by atoms with Crippen LogP contribution in [-0.2, 0) is 0 Å². The average Bonchev–Trinajstić information content (AvgIpc) is 2.02. The third kappa shape index (κ3) is 9.92. The first kappa shape index (κ1) is 13.8. The van der Waals surface area contributed by atoms with Gasteiger partial charge in [-0.2, -0.15) is 0 Å². The fraction of sp³-hybridized carbons (Fsp3) is 1.00. The minimum atomic E-state index is -0.153. The fourth-order valence-electron chi connectivity index (χ4n) is 1.55. The van der Waals surface area contributed by atoms with Crippen molar-refractivity contribution in [3.63, 3.8) is 0 Å². The molecule has 86 valence electrons. The molecule has 0 aromatic carbocycles. The molecule has 0 rings (SSSR count). The predicted octanol–water partition coefficient (Wildman–Crippen LogP) is 0.450. The van der Waals surface area contributed by atoms with Gasteiger partial charge < -0.3 is 22.9 Å². The standard InChI is InChI=1S/C10H26N4/c1-8(4-2-6-9(11)12)5-3-7-10(13)14/h8-10H,2-7,11-14H2,1H3. The van der Waals surface area contributed by atoms with Gasteiger partial charge in [0.05, 0.1) is 12.3 Å². The largest absolute Gasteiger partial charge is 0.316 e. The molecule has 4 heteroatoms. The molecule has 0 heterocycles. The molecular formula is C10H26N4. The fourth-order valence-corrected chi connectivity index (χ4v) is 1.55. The van der Waals surface area contributed by atoms with E-state index in [-0.39, 0.29) is 12.3 Å². The summed E-state index contributed by atoms with van der Waals surface area (Å²) in [4.78, 5) is 0. The summed E-state index contributed by atoms with van der Waals surface area (Å²) in [5.74, 6) is 0.729. The molecule has 0 bridgehead atoms. The van der Waals surface area contributed by atoms with Gasteiger partial charge in [0.2, 0.25) is 0 Å². The van der Waals surface area contributed by atoms with E-state index in [1.165, 1.54) is 12.8 Å². The van der Waals surface area contributed by atoms with Gasteiger partial charge in [-0.15, -0.1) is 0 Å². The molecule has 14 heavy (non-hydrogen) atoms. The number of hydrogen-bond acceptors (Lipinski definition) is 4. The Hall–Kier alpha value is -0.160. The van der Waals surface area contributed by atoms with Gasteiger partial charge in [-0.25, -0.2) is 0 Å². The van der Waals surface area contributed by atoms with Crippen LogP contribution < -0.4 is 22.9 Å². The lowest BCUT2D eigenvalue weighted by Gasteiger charge is -2.12. The highest BCUT2D eigenvalue weighted by atomic mass is 14.8. The Balaban J connectivity index is 3.23. The van der Waals surface area contributed by atoms with Gasteiger partial charge in [-0.05, 0) is 18.8 Å². The van der Waals surface area contributed by atoms with Crippen molar-refractivity contribution >= 4 is 0 Å². The maximum atomic E-state index is 5.46. The third-order valence-corrected chi connectivity index (χ3v) is 2.47. The van der Waals surface area contributed by atoms with Crippen molar-refractivity contribution in [2.24, 2.45) is 28.9 Å². The zero-order chi connectivity index (χ0) is 11.0. The molecule has 0 spiro atoms. The van der Waals surface area contributed by atoms with Crippen LogP contribution in [0.4, 0.5) is 0 Å². The Bertz CT molecular complexity index is 111. The van der Waals surface area contributed by atoms with Gasteiger partial charge in [0.25, 0.3) is 0 Å². The Kier molecular flexibility index (Phi) is 8.08. The summed E-state index contributed by atoms with van der Waals surface area (Å²) in [5, 5.41) is 0. The first-order valence-electron chi connectivity index (χ1n) is 5.54. The molecule has 4 nitrogen and oxygen atoms in total. The van der Waals surface area contributed by atoms with E-state index >= 15 is 0 Å². The van der Waals surface area contributed by atoms with E-state index in [0.717, 1.165) is 31.6 Å². The molecule has 0 aromatic heterocycles. The maximum Gasteiger partial charge on any atom is 0.0520 e. The summed E-state index contributed by atoms with van der Waals surface area (Å²) in [6.07, 6.45) is 6.16. The van der Waals surface area contributed by atoms with Crippen LogP contribution in [0.3, 0.4) is 0 Å². The molecule has 0 amide bonds. The summed E-state index contributed by atoms with van der Waals surface area (Å²) >= 11 is 0. The normalized spacial score (nSPS) is 12.0. The van der Waals surface area contributed by atoms with Gasteiger partial charge in [-0.1, -0.05) is 32.6 Å². The van der Waals surface area contributed by atoms with E-state index in [1.807, 2.05) is 0 Å². The lowest BCUT2D eigenvalue weighted by Crippen LogP contribution is -2.30. The van der Waals surface area contributed by atoms with Crippen LogP contribution in [0.2, 0.25) is 0 Å². The molecule has 0 aliphatic rings. The number of hydrogen-bond donors (Lipinski definition) is 4. The second kappa shape index (κ2) is 8.17. The molecule has 0 unspecified atom stereocenters. The molecule has 0 fully saturated rings. The first-order chi connectivity index (χ1) is 6.52. The lowest BCUT2D eigenvalue weighted by molar-refractivity contribution is 0.423. The number of rotatable bonds is 8. The van der Waals surface area contributed by atoms with Gasteiger partial charge in [0, 0.05) is 0 Å². The van der Waals surface area contributed by atoms with Crippen molar-refractivity contribution in [2.45, 2.75) is 57.8 Å². The first-order valence-corrected chi connectivity index (χ1v) is 5.54. The van der Waals surface area contributed by atoms with Crippen LogP contribution in [0.5, 0.6) is 0 Å². The van der Waals surface area contributed by atoms with E-state index in [4.69, 9.17) is 22.9 Å². The molecule has 0 saturated heterocycles. The summed E-state index contributed by atoms with van der Waals surface area (Å²) < 4.78 is 0. The summed E-state index contributed by atoms with van der Waals surface area (Å²) in [5.41, 5.74) is 21.9. The SMILES string of the molecule is CC(CCCC(N)N)CCCC(N)N. The highest BCUT2D eigenvalue weighted by Gasteiger charge is 2.04. The second-order valence-electron chi connectivity index (χ2n) is 4.29. The van der Waals surface area contributed by atoms with Crippen LogP contribution in [0.25, 0.3) is 0 Å². The Morgan fingerprint density at radius 2 is 1.07 bits per heavy atom. The zero-order valence-electron chi connectivity index (χ0n) is 9.28. The van der Waals surface area contributed by atoms with Gasteiger partial charge in [-0.3, -0.25) is 0 Å². The third-order valence-electron chi connectivity index (χ3n) is 2.47. The Labute approximate surface area is 87.4 Å². The lowest BCUT2D eigenvalue weighted by atomic mass is 9.97. The zero-order valence-corrected chi connectivity index (χ0v) is 9.28. The maximum absolute atomic E-state index is 5.46. The Morgan fingerprint density at radius 1 is 0.714 bits per heavy atom. The van der Waals surface area contributed by atoms with Gasteiger partial charge in [0.15, 0.2) is 0 Å². The topological polar surface area (TPSA) is 104 Å². The second-order valence-corrected chi connectivity index (χ2v) is 4.29. The van der Waals surface area contributed by atoms with Gasteiger partial charge >= 0.3 is 0 Å². The molecule has 0 aliphatic carbocycles. The quantitative estimate of drug-likeness (QED) is 0.429. The smallest absolute Gasteiger partial charge is 0.0520 e. The summed E-state index contributed by atoms with van der Waals surface area (Å²) in [7, 11) is 0. The molecule has 0 radical (unpaired) electrons. The van der Waals surface area contributed by atoms with E-state index in [2.05, 4.69) is 6.92 Å². The van der Waals surface area contributed by atoms with Crippen molar-refractivity contribution in [2.75, 3.05) is 0 Å². The van der Waals surface area contributed by atoms with E-state index in [9.17, 15) is 0 Å². The summed E-state index contributed by atoms with van der Waals surface area (Å²) in [6.45, 7) is 2.25. The van der Waals surface area contributed by atoms with E-state index in [0.29, 0.717) is 0 Å². The summed E-state index contributed by atoms with van der Waals surface area (Å²) in [6, 6.07) is 0. The van der Waals surface area contributed by atoms with Crippen LogP contribution in [0.1, 0.15) is 45.4 Å². The Morgan fingerprint density at radius 3 is 1.36 bits per heavy atom. The molecule has 0 atom stereocenters. The van der Waals surface area contributed by atoms with E-state index < -0.39 is 0 Å². The molecule has 8 N–H and O–H groups in total. The van der Waals surface area contributed by atoms with Crippen molar-refractivity contribution in [1.82, 2.24) is 0 Å². The molecule has 0 aliphatic heterocycles. The molecule has 0 saturated carbocycles. The molecule has 0 aromatic rings. The van der Waals surface area contributed by atoms with Crippen molar-refractivity contribution in [3.8, 4) is 0 Å². The number of nitrogens with two attached hydrogens (primary N) is 4. The predicted molar refractivity (Wildman–Crippen MR) is 61.2 cm³/mol. The van der Waals surface area contributed by atoms with Crippen LogP contribution in [0.15, 0.2) is 0 Å². The van der Waals surface area contributed by atoms with Crippen LogP contribution in [-0.4, -0.2) is 12.3 Å². The monoisotopic (exact) mass is 202 g/mol. The van der Waals surface area contributed by atoms with Crippen molar-refractivity contribution in [1.29, 1.82) is 0 Å². The van der Waals surface area contributed by atoms with Crippen molar-refractivity contribution in [3.05, 3.63) is 0 Å². The minimum absolute atomic E-state index is 0.153.